The molecule has 0 aliphatic carbocycles. The van der Waals surface area contributed by atoms with Crippen LogP contribution in [0.1, 0.15) is 31.1 Å². The average Bonchev–Trinajstić information content (AvgIpc) is 2.24. The Morgan fingerprint density at radius 2 is 1.83 bits per heavy atom. The van der Waals surface area contributed by atoms with Gasteiger partial charge in [0.25, 0.3) is 5.91 Å². The van der Waals surface area contributed by atoms with E-state index in [-0.39, 0.29) is 11.5 Å². The minimum absolute atomic E-state index is 0.107. The van der Waals surface area contributed by atoms with Crippen molar-refractivity contribution >= 4 is 37.8 Å². The maximum Gasteiger partial charge on any atom is 0.251 e. The number of carbonyl (C=O) groups excluding carboxylic acids is 1. The van der Waals surface area contributed by atoms with Crippen LogP contribution in [-0.2, 0) is 4.74 Å². The summed E-state index contributed by atoms with van der Waals surface area (Å²) in [5, 5.41) is 2.87. The fourth-order valence-electron chi connectivity index (χ4n) is 1.52. The molecule has 1 aromatic rings. The molecule has 5 heteroatoms. The zero-order valence-corrected chi connectivity index (χ0v) is 13.9. The first-order chi connectivity index (χ1) is 8.34. The van der Waals surface area contributed by atoms with Crippen molar-refractivity contribution in [2.24, 2.45) is 0 Å². The summed E-state index contributed by atoms with van der Waals surface area (Å²) in [5.41, 5.74) is 0.261. The van der Waals surface area contributed by atoms with Crippen LogP contribution in [0.15, 0.2) is 27.1 Å². The standard InChI is InChI=1S/C13H17Br2NO2/c1-4-18-13(2,3)8-16-12(17)9-5-10(14)7-11(15)6-9/h5-7H,4,8H2,1-3H3,(H,16,17). The third kappa shape index (κ3) is 5.08. The molecule has 0 bridgehead atoms. The van der Waals surface area contributed by atoms with Gasteiger partial charge in [0.1, 0.15) is 0 Å². The van der Waals surface area contributed by atoms with Crippen LogP contribution in [0.2, 0.25) is 0 Å². The molecular formula is C13H17Br2NO2. The van der Waals surface area contributed by atoms with Crippen molar-refractivity contribution < 1.29 is 9.53 Å². The van der Waals surface area contributed by atoms with E-state index in [9.17, 15) is 4.79 Å². The third-order valence-corrected chi connectivity index (χ3v) is 3.25. The third-order valence-electron chi connectivity index (χ3n) is 2.33. The largest absolute Gasteiger partial charge is 0.374 e. The van der Waals surface area contributed by atoms with Gasteiger partial charge >= 0.3 is 0 Å². The van der Waals surface area contributed by atoms with Crippen molar-refractivity contribution in [2.45, 2.75) is 26.4 Å². The lowest BCUT2D eigenvalue weighted by Crippen LogP contribution is -2.40. The molecule has 0 aliphatic heterocycles. The molecule has 1 rings (SSSR count). The second-order valence-corrected chi connectivity index (χ2v) is 6.36. The molecule has 0 fully saturated rings. The Labute approximate surface area is 125 Å². The van der Waals surface area contributed by atoms with Gasteiger partial charge in [-0.3, -0.25) is 4.79 Å². The zero-order valence-electron chi connectivity index (χ0n) is 10.7. The first-order valence-corrected chi connectivity index (χ1v) is 7.31. The molecule has 3 nitrogen and oxygen atoms in total. The van der Waals surface area contributed by atoms with E-state index in [4.69, 9.17) is 4.74 Å². The van der Waals surface area contributed by atoms with E-state index >= 15 is 0 Å². The van der Waals surface area contributed by atoms with E-state index in [0.29, 0.717) is 18.7 Å². The highest BCUT2D eigenvalue weighted by Crippen LogP contribution is 2.20. The van der Waals surface area contributed by atoms with Crippen molar-refractivity contribution in [3.05, 3.63) is 32.7 Å². The van der Waals surface area contributed by atoms with Crippen molar-refractivity contribution in [1.29, 1.82) is 0 Å². The maximum atomic E-state index is 12.0. The summed E-state index contributed by atoms with van der Waals surface area (Å²) in [6, 6.07) is 5.46. The number of hydrogen-bond acceptors (Lipinski definition) is 2. The molecule has 1 aromatic carbocycles. The molecule has 1 N–H and O–H groups in total. The number of hydrogen-bond donors (Lipinski definition) is 1. The fourth-order valence-corrected chi connectivity index (χ4v) is 2.82. The smallest absolute Gasteiger partial charge is 0.251 e. The first-order valence-electron chi connectivity index (χ1n) is 5.72. The predicted molar refractivity (Wildman–Crippen MR) is 79.9 cm³/mol. The summed E-state index contributed by atoms with van der Waals surface area (Å²) in [5.74, 6) is -0.107. The van der Waals surface area contributed by atoms with E-state index in [1.807, 2.05) is 26.8 Å². The second kappa shape index (κ2) is 6.68. The molecule has 0 unspecified atom stereocenters. The molecule has 0 aliphatic rings. The van der Waals surface area contributed by atoms with Crippen LogP contribution in [0.25, 0.3) is 0 Å². The highest BCUT2D eigenvalue weighted by Gasteiger charge is 2.19. The van der Waals surface area contributed by atoms with Crippen LogP contribution >= 0.6 is 31.9 Å². The highest BCUT2D eigenvalue weighted by atomic mass is 79.9. The van der Waals surface area contributed by atoms with Crippen LogP contribution in [-0.4, -0.2) is 24.7 Å². The van der Waals surface area contributed by atoms with E-state index in [1.54, 1.807) is 12.1 Å². The summed E-state index contributed by atoms with van der Waals surface area (Å²) in [6.07, 6.45) is 0. The lowest BCUT2D eigenvalue weighted by atomic mass is 10.1. The van der Waals surface area contributed by atoms with Gasteiger partial charge in [-0.1, -0.05) is 31.9 Å². The van der Waals surface area contributed by atoms with Crippen LogP contribution in [0.3, 0.4) is 0 Å². The van der Waals surface area contributed by atoms with Crippen LogP contribution in [0.5, 0.6) is 0 Å². The Hall–Kier alpha value is -0.390. The molecule has 0 saturated carbocycles. The van der Waals surface area contributed by atoms with Gasteiger partial charge in [-0.2, -0.15) is 0 Å². The molecular weight excluding hydrogens is 362 g/mol. The molecule has 0 radical (unpaired) electrons. The number of benzene rings is 1. The summed E-state index contributed by atoms with van der Waals surface area (Å²) >= 11 is 6.72. The molecule has 0 aromatic heterocycles. The Morgan fingerprint density at radius 3 is 2.33 bits per heavy atom. The minimum Gasteiger partial charge on any atom is -0.374 e. The Bertz CT molecular complexity index is 413. The fraction of sp³-hybridized carbons (Fsp3) is 0.462. The van der Waals surface area contributed by atoms with Gasteiger partial charge in [-0.15, -0.1) is 0 Å². The van der Waals surface area contributed by atoms with Gasteiger partial charge in [-0.25, -0.2) is 0 Å². The molecule has 0 atom stereocenters. The molecule has 18 heavy (non-hydrogen) atoms. The van der Waals surface area contributed by atoms with Crippen molar-refractivity contribution in [3.8, 4) is 0 Å². The lowest BCUT2D eigenvalue weighted by Gasteiger charge is -2.24. The molecule has 100 valence electrons. The Morgan fingerprint density at radius 1 is 1.28 bits per heavy atom. The summed E-state index contributed by atoms with van der Waals surface area (Å²) < 4.78 is 7.26. The van der Waals surface area contributed by atoms with Gasteiger partial charge in [0.05, 0.1) is 5.60 Å². The number of carbonyl (C=O) groups is 1. The number of nitrogens with one attached hydrogen (secondary N) is 1. The molecule has 1 amide bonds. The summed E-state index contributed by atoms with van der Waals surface area (Å²) in [4.78, 5) is 12.0. The number of halogens is 2. The van der Waals surface area contributed by atoms with Crippen molar-refractivity contribution in [1.82, 2.24) is 5.32 Å². The van der Waals surface area contributed by atoms with Gasteiger partial charge in [0, 0.05) is 27.7 Å². The highest BCUT2D eigenvalue weighted by molar-refractivity contribution is 9.11. The molecule has 0 saturated heterocycles. The Balaban J connectivity index is 2.66. The van der Waals surface area contributed by atoms with Gasteiger partial charge in [-0.05, 0) is 39.0 Å². The maximum absolute atomic E-state index is 12.0. The normalized spacial score (nSPS) is 11.4. The van der Waals surface area contributed by atoms with Crippen molar-refractivity contribution in [2.75, 3.05) is 13.2 Å². The number of ether oxygens (including phenoxy) is 1. The minimum atomic E-state index is -0.354. The lowest BCUT2D eigenvalue weighted by molar-refractivity contribution is -0.00815. The number of amides is 1. The number of rotatable bonds is 5. The van der Waals surface area contributed by atoms with Crippen LogP contribution in [0.4, 0.5) is 0 Å². The van der Waals surface area contributed by atoms with Gasteiger partial charge in [0.15, 0.2) is 0 Å². The topological polar surface area (TPSA) is 38.3 Å². The van der Waals surface area contributed by atoms with E-state index in [1.165, 1.54) is 0 Å². The molecule has 0 heterocycles. The van der Waals surface area contributed by atoms with Crippen LogP contribution < -0.4 is 5.32 Å². The van der Waals surface area contributed by atoms with E-state index in [2.05, 4.69) is 37.2 Å². The monoisotopic (exact) mass is 377 g/mol. The predicted octanol–water partition coefficient (Wildman–Crippen LogP) is 3.76. The van der Waals surface area contributed by atoms with Gasteiger partial charge in [0.2, 0.25) is 0 Å². The first kappa shape index (κ1) is 15.7. The van der Waals surface area contributed by atoms with Crippen molar-refractivity contribution in [3.63, 3.8) is 0 Å². The summed E-state index contributed by atoms with van der Waals surface area (Å²) in [6.45, 7) is 6.95. The molecule has 0 spiro atoms. The average molecular weight is 379 g/mol. The van der Waals surface area contributed by atoms with Gasteiger partial charge < -0.3 is 10.1 Å². The van der Waals surface area contributed by atoms with E-state index in [0.717, 1.165) is 8.95 Å². The summed E-state index contributed by atoms with van der Waals surface area (Å²) in [7, 11) is 0. The zero-order chi connectivity index (χ0) is 13.8. The van der Waals surface area contributed by atoms with Crippen LogP contribution in [0, 0.1) is 0 Å². The quantitative estimate of drug-likeness (QED) is 0.847. The van der Waals surface area contributed by atoms with E-state index < -0.39 is 0 Å². The Kier molecular flexibility index (Phi) is 5.82. The SMILES string of the molecule is CCOC(C)(C)CNC(=O)c1cc(Br)cc(Br)c1. The second-order valence-electron chi connectivity index (χ2n) is 4.53.